The summed E-state index contributed by atoms with van der Waals surface area (Å²) in [5.41, 5.74) is -0.222. The van der Waals surface area contributed by atoms with Gasteiger partial charge in [0, 0.05) is 39.8 Å². The molecule has 2 heterocycles. The summed E-state index contributed by atoms with van der Waals surface area (Å²) >= 11 is 0. The Balaban J connectivity index is 2.33. The highest BCUT2D eigenvalue weighted by atomic mass is 16.5. The van der Waals surface area contributed by atoms with E-state index in [9.17, 15) is 4.79 Å². The van der Waals surface area contributed by atoms with Gasteiger partial charge in [0.2, 0.25) is 17.8 Å². The van der Waals surface area contributed by atoms with Gasteiger partial charge in [-0.15, -0.1) is 5.10 Å². The number of aryl methyl sites for hydroxylation is 1. The third kappa shape index (κ3) is 3.65. The second-order valence-electron chi connectivity index (χ2n) is 4.40. The summed E-state index contributed by atoms with van der Waals surface area (Å²) in [7, 11) is 5.18. The quantitative estimate of drug-likeness (QED) is 0.837. The Labute approximate surface area is 121 Å². The van der Waals surface area contributed by atoms with Gasteiger partial charge in [0.1, 0.15) is 0 Å². The highest BCUT2D eigenvalue weighted by Crippen LogP contribution is 2.17. The lowest BCUT2D eigenvalue weighted by molar-refractivity contribution is 0.407. The number of anilines is 2. The van der Waals surface area contributed by atoms with Crippen LogP contribution in [0.15, 0.2) is 16.9 Å². The van der Waals surface area contributed by atoms with Crippen molar-refractivity contribution in [2.75, 3.05) is 30.9 Å². The molecule has 0 saturated carbocycles. The van der Waals surface area contributed by atoms with Crippen molar-refractivity contribution < 1.29 is 4.74 Å². The number of nitrogens with one attached hydrogen (secondary N) is 1. The van der Waals surface area contributed by atoms with E-state index < -0.39 is 0 Å². The molecule has 0 spiro atoms. The Kier molecular flexibility index (Phi) is 4.31. The Morgan fingerprint density at radius 2 is 2.05 bits per heavy atom. The minimum absolute atomic E-state index is 0.107. The van der Waals surface area contributed by atoms with Crippen molar-refractivity contribution in [2.45, 2.75) is 6.92 Å². The summed E-state index contributed by atoms with van der Waals surface area (Å²) in [4.78, 5) is 25.6. The largest absolute Gasteiger partial charge is 0.403 e. The van der Waals surface area contributed by atoms with E-state index in [4.69, 9.17) is 4.74 Å². The van der Waals surface area contributed by atoms with Crippen LogP contribution in [0.3, 0.4) is 0 Å². The van der Waals surface area contributed by atoms with Crippen molar-refractivity contribution >= 4 is 11.9 Å². The fraction of sp³-hybridized carbons (Fsp3) is 0.417. The molecule has 2 aromatic rings. The van der Waals surface area contributed by atoms with E-state index >= 15 is 0 Å². The second-order valence-corrected chi connectivity index (χ2v) is 4.40. The average molecular weight is 291 g/mol. The van der Waals surface area contributed by atoms with E-state index in [0.717, 1.165) is 0 Å². The van der Waals surface area contributed by atoms with Gasteiger partial charge in [-0.1, -0.05) is 0 Å². The van der Waals surface area contributed by atoms with Crippen LogP contribution in [0.1, 0.15) is 6.92 Å². The Hall–Kier alpha value is -2.71. The van der Waals surface area contributed by atoms with Gasteiger partial charge in [-0.05, 0) is 6.92 Å². The van der Waals surface area contributed by atoms with Crippen molar-refractivity contribution in [3.8, 4) is 11.9 Å². The highest BCUT2D eigenvalue weighted by molar-refractivity contribution is 5.37. The third-order valence-electron chi connectivity index (χ3n) is 2.47. The molecule has 0 bridgehead atoms. The van der Waals surface area contributed by atoms with E-state index in [0.29, 0.717) is 18.4 Å². The standard InChI is InChI=1S/C12H17N7O2/c1-5-13-10-14-11(18(2)3)16-12(15-10)21-8-6-7-9(20)19(4)17-8/h6-7H,5H2,1-4H3,(H,13,14,15,16). The summed E-state index contributed by atoms with van der Waals surface area (Å²) in [6, 6.07) is 2.94. The molecule has 0 aromatic carbocycles. The summed E-state index contributed by atoms with van der Waals surface area (Å²) in [5, 5.41) is 6.97. The maximum Gasteiger partial charge on any atom is 0.330 e. The minimum atomic E-state index is -0.222. The number of hydrogen-bond acceptors (Lipinski definition) is 8. The normalized spacial score (nSPS) is 10.3. The fourth-order valence-corrected chi connectivity index (χ4v) is 1.46. The van der Waals surface area contributed by atoms with Gasteiger partial charge < -0.3 is 15.0 Å². The van der Waals surface area contributed by atoms with Crippen LogP contribution in [0, 0.1) is 0 Å². The lowest BCUT2D eigenvalue weighted by Crippen LogP contribution is -2.18. The first-order valence-electron chi connectivity index (χ1n) is 6.39. The third-order valence-corrected chi connectivity index (χ3v) is 2.47. The monoisotopic (exact) mass is 291 g/mol. The lowest BCUT2D eigenvalue weighted by atomic mass is 10.5. The molecule has 112 valence electrons. The molecule has 0 aliphatic rings. The van der Waals surface area contributed by atoms with E-state index in [-0.39, 0.29) is 17.4 Å². The number of rotatable bonds is 5. The highest BCUT2D eigenvalue weighted by Gasteiger charge is 2.10. The molecule has 0 aliphatic heterocycles. The summed E-state index contributed by atoms with van der Waals surface area (Å²) in [5.74, 6) is 1.10. The van der Waals surface area contributed by atoms with Crippen LogP contribution in [0.25, 0.3) is 0 Å². The molecule has 9 nitrogen and oxygen atoms in total. The van der Waals surface area contributed by atoms with Gasteiger partial charge in [-0.25, -0.2) is 4.68 Å². The topological polar surface area (TPSA) is 98.1 Å². The smallest absolute Gasteiger partial charge is 0.330 e. The molecule has 0 saturated heterocycles. The van der Waals surface area contributed by atoms with E-state index in [1.54, 1.807) is 4.90 Å². The van der Waals surface area contributed by atoms with Gasteiger partial charge in [-0.2, -0.15) is 15.0 Å². The van der Waals surface area contributed by atoms with Gasteiger partial charge in [0.25, 0.3) is 5.56 Å². The number of aromatic nitrogens is 5. The second kappa shape index (κ2) is 6.16. The van der Waals surface area contributed by atoms with Crippen LogP contribution in [0.4, 0.5) is 11.9 Å². The minimum Gasteiger partial charge on any atom is -0.403 e. The molecule has 21 heavy (non-hydrogen) atoms. The van der Waals surface area contributed by atoms with E-state index in [1.165, 1.54) is 23.9 Å². The van der Waals surface area contributed by atoms with Crippen molar-refractivity contribution in [1.29, 1.82) is 0 Å². The first-order chi connectivity index (χ1) is 9.99. The molecule has 0 aliphatic carbocycles. The van der Waals surface area contributed by atoms with Gasteiger partial charge in [0.05, 0.1) is 0 Å². The molecule has 1 N–H and O–H groups in total. The summed E-state index contributed by atoms with van der Waals surface area (Å²) < 4.78 is 6.67. The first kappa shape index (κ1) is 14.7. The zero-order valence-electron chi connectivity index (χ0n) is 12.4. The van der Waals surface area contributed by atoms with Gasteiger partial charge in [0.15, 0.2) is 0 Å². The van der Waals surface area contributed by atoms with Crippen LogP contribution < -0.4 is 20.5 Å². The number of hydrogen-bond donors (Lipinski definition) is 1. The lowest BCUT2D eigenvalue weighted by Gasteiger charge is -2.12. The summed E-state index contributed by atoms with van der Waals surface area (Å²) in [6.07, 6.45) is 0. The molecular formula is C12H17N7O2. The number of ether oxygens (including phenoxy) is 1. The molecule has 0 amide bonds. The average Bonchev–Trinajstić information content (AvgIpc) is 2.43. The molecule has 0 unspecified atom stereocenters. The fourth-order valence-electron chi connectivity index (χ4n) is 1.46. The van der Waals surface area contributed by atoms with Crippen LogP contribution >= 0.6 is 0 Å². The zero-order chi connectivity index (χ0) is 15.4. The molecule has 2 rings (SSSR count). The van der Waals surface area contributed by atoms with Crippen LogP contribution in [-0.2, 0) is 7.05 Å². The summed E-state index contributed by atoms with van der Waals surface area (Å²) in [6.45, 7) is 2.61. The molecule has 0 radical (unpaired) electrons. The first-order valence-corrected chi connectivity index (χ1v) is 6.39. The van der Waals surface area contributed by atoms with Gasteiger partial charge >= 0.3 is 6.01 Å². The Bertz CT molecular complexity index is 684. The number of nitrogens with zero attached hydrogens (tertiary/aromatic N) is 6. The molecule has 0 atom stereocenters. The van der Waals surface area contributed by atoms with Crippen LogP contribution in [-0.4, -0.2) is 45.4 Å². The van der Waals surface area contributed by atoms with Crippen molar-refractivity contribution in [3.05, 3.63) is 22.5 Å². The molecule has 0 fully saturated rings. The maximum atomic E-state index is 11.3. The van der Waals surface area contributed by atoms with Crippen LogP contribution in [0.2, 0.25) is 0 Å². The van der Waals surface area contributed by atoms with E-state index in [1.807, 2.05) is 21.0 Å². The van der Waals surface area contributed by atoms with Gasteiger partial charge in [-0.3, -0.25) is 4.79 Å². The molecule has 9 heteroatoms. The molecule has 2 aromatic heterocycles. The van der Waals surface area contributed by atoms with Crippen molar-refractivity contribution in [3.63, 3.8) is 0 Å². The van der Waals surface area contributed by atoms with Crippen molar-refractivity contribution in [2.24, 2.45) is 7.05 Å². The zero-order valence-corrected chi connectivity index (χ0v) is 12.4. The molecular weight excluding hydrogens is 274 g/mol. The van der Waals surface area contributed by atoms with Crippen LogP contribution in [0.5, 0.6) is 11.9 Å². The Morgan fingerprint density at radius 3 is 2.67 bits per heavy atom. The van der Waals surface area contributed by atoms with E-state index in [2.05, 4.69) is 25.4 Å². The SMILES string of the molecule is CCNc1nc(Oc2ccc(=O)n(C)n2)nc(N(C)C)n1. The maximum absolute atomic E-state index is 11.3. The Morgan fingerprint density at radius 1 is 1.29 bits per heavy atom. The van der Waals surface area contributed by atoms with Crippen molar-refractivity contribution in [1.82, 2.24) is 24.7 Å². The predicted octanol–water partition coefficient (Wildman–Crippen LogP) is 0.255. The predicted molar refractivity (Wildman–Crippen MR) is 77.9 cm³/mol.